The third-order valence-electron chi connectivity index (χ3n) is 12.7. The Bertz CT molecular complexity index is 1310. The van der Waals surface area contributed by atoms with Crippen molar-refractivity contribution in [2.24, 2.45) is 35.5 Å². The first-order valence-corrected chi connectivity index (χ1v) is 22.8. The standard InChI is InChI=1S/C46H80N2O12/c1-30(20-15-18-26-55-45-35(6)31(2)33(4)41(59-45)28-57-37(8)49)47-25-17-14-21-39(40(51)22-12-10-11-13-24-44(53)54)48-43(52)23-16-19-27-56-46-36(7)32(3)34(5)42(60-46)29-58-38(9)50/h31-36,39,41-42,45-47H,1,10-29H2,2-9H3,(H,48,52)(H,53,54). The van der Waals surface area contributed by atoms with Gasteiger partial charge in [-0.25, -0.2) is 0 Å². The molecular formula is C46H80N2O12. The zero-order valence-electron chi connectivity index (χ0n) is 38.1. The number of carbonyl (C=O) groups is 5. The molecule has 0 aromatic heterocycles. The molecule has 1 amide bonds. The van der Waals surface area contributed by atoms with E-state index in [2.05, 4.69) is 58.8 Å². The van der Waals surface area contributed by atoms with Gasteiger partial charge in [0.15, 0.2) is 18.4 Å². The van der Waals surface area contributed by atoms with Crippen LogP contribution >= 0.6 is 0 Å². The molecule has 2 aliphatic rings. The lowest BCUT2D eigenvalue weighted by molar-refractivity contribution is -0.255. The fourth-order valence-electron chi connectivity index (χ4n) is 7.87. The number of esters is 2. The summed E-state index contributed by atoms with van der Waals surface area (Å²) >= 11 is 0. The number of hydrogen-bond donors (Lipinski definition) is 3. The van der Waals surface area contributed by atoms with Crippen LogP contribution in [-0.4, -0.2) is 98.5 Å². The molecule has 2 fully saturated rings. The fourth-order valence-corrected chi connectivity index (χ4v) is 7.87. The molecule has 11 atom stereocenters. The molecule has 0 saturated carbocycles. The number of amides is 1. The molecule has 0 aliphatic carbocycles. The number of hydrogen-bond acceptors (Lipinski definition) is 12. The number of nitrogens with one attached hydrogen (secondary N) is 2. The van der Waals surface area contributed by atoms with E-state index in [0.717, 1.165) is 50.6 Å². The number of carboxylic acid groups (broad SMARTS) is 1. The summed E-state index contributed by atoms with van der Waals surface area (Å²) in [6.45, 7) is 21.9. The van der Waals surface area contributed by atoms with Crippen molar-refractivity contribution in [3.63, 3.8) is 0 Å². The Kier molecular flexibility index (Phi) is 25.9. The molecule has 0 aromatic carbocycles. The predicted molar refractivity (Wildman–Crippen MR) is 228 cm³/mol. The maximum absolute atomic E-state index is 13.3. The highest BCUT2D eigenvalue weighted by Crippen LogP contribution is 2.37. The minimum Gasteiger partial charge on any atom is -0.481 e. The van der Waals surface area contributed by atoms with Gasteiger partial charge in [-0.3, -0.25) is 24.0 Å². The molecular weight excluding hydrogens is 773 g/mol. The van der Waals surface area contributed by atoms with E-state index < -0.39 is 18.3 Å². The van der Waals surface area contributed by atoms with E-state index in [1.54, 1.807) is 0 Å². The third-order valence-corrected chi connectivity index (χ3v) is 12.7. The van der Waals surface area contributed by atoms with Gasteiger partial charge in [0.1, 0.15) is 13.2 Å². The van der Waals surface area contributed by atoms with Gasteiger partial charge in [-0.15, -0.1) is 0 Å². The van der Waals surface area contributed by atoms with Gasteiger partial charge in [-0.2, -0.15) is 0 Å². The number of ether oxygens (including phenoxy) is 6. The highest BCUT2D eigenvalue weighted by molar-refractivity contribution is 5.89. The van der Waals surface area contributed by atoms with Crippen molar-refractivity contribution in [1.82, 2.24) is 10.6 Å². The summed E-state index contributed by atoms with van der Waals surface area (Å²) in [4.78, 5) is 59.8. The minimum atomic E-state index is -0.812. The molecule has 2 saturated heterocycles. The van der Waals surface area contributed by atoms with Crippen LogP contribution in [0.5, 0.6) is 0 Å². The molecule has 0 spiro atoms. The van der Waals surface area contributed by atoms with Crippen LogP contribution in [0.2, 0.25) is 0 Å². The third kappa shape index (κ3) is 20.7. The first kappa shape index (κ1) is 53.1. The van der Waals surface area contributed by atoms with E-state index in [4.69, 9.17) is 33.5 Å². The quantitative estimate of drug-likeness (QED) is 0.0460. The smallest absolute Gasteiger partial charge is 0.303 e. The van der Waals surface area contributed by atoms with Crippen molar-refractivity contribution in [2.75, 3.05) is 33.0 Å². The summed E-state index contributed by atoms with van der Waals surface area (Å²) in [7, 11) is 0. The number of carbonyl (C=O) groups excluding carboxylic acids is 4. The Morgan fingerprint density at radius 2 is 1.08 bits per heavy atom. The van der Waals surface area contributed by atoms with Gasteiger partial charge in [0.25, 0.3) is 0 Å². The minimum absolute atomic E-state index is 0.0106. The molecule has 3 N–H and O–H groups in total. The maximum atomic E-state index is 13.3. The Labute approximate surface area is 360 Å². The number of rotatable bonds is 31. The van der Waals surface area contributed by atoms with E-state index >= 15 is 0 Å². The molecule has 0 radical (unpaired) electrons. The summed E-state index contributed by atoms with van der Waals surface area (Å²) in [5, 5.41) is 15.3. The SMILES string of the molecule is C=C(CCCCOC1OC(COC(C)=O)C(C)C(C)C1C)NCCCCC(NC(=O)CCCCOC1OC(COC(C)=O)C(C)C(C)C1C)C(=O)CCCCCCC(=O)O. The number of allylic oxidation sites excluding steroid dienone is 1. The Morgan fingerprint density at radius 1 is 0.600 bits per heavy atom. The van der Waals surface area contributed by atoms with Crippen LogP contribution < -0.4 is 10.6 Å². The Morgan fingerprint density at radius 3 is 1.58 bits per heavy atom. The lowest BCUT2D eigenvalue weighted by Gasteiger charge is -2.43. The molecule has 11 unspecified atom stereocenters. The van der Waals surface area contributed by atoms with Crippen LogP contribution in [0.25, 0.3) is 0 Å². The van der Waals surface area contributed by atoms with Crippen molar-refractivity contribution in [2.45, 2.75) is 183 Å². The molecule has 14 heteroatoms. The summed E-state index contributed by atoms with van der Waals surface area (Å²) < 4.78 is 35.0. The van der Waals surface area contributed by atoms with Crippen molar-refractivity contribution < 1.29 is 57.5 Å². The van der Waals surface area contributed by atoms with E-state index in [1.807, 2.05) is 0 Å². The number of aliphatic carboxylic acids is 1. The van der Waals surface area contributed by atoms with Crippen LogP contribution in [0.4, 0.5) is 0 Å². The average molecular weight is 853 g/mol. The molecule has 2 heterocycles. The first-order chi connectivity index (χ1) is 28.5. The highest BCUT2D eigenvalue weighted by Gasteiger charge is 2.41. The van der Waals surface area contributed by atoms with Crippen LogP contribution in [0, 0.1) is 35.5 Å². The topological polar surface area (TPSA) is 185 Å². The number of ketones is 1. The van der Waals surface area contributed by atoms with Crippen molar-refractivity contribution in [3.8, 4) is 0 Å². The second-order valence-electron chi connectivity index (χ2n) is 17.4. The van der Waals surface area contributed by atoms with E-state index in [9.17, 15) is 24.0 Å². The maximum Gasteiger partial charge on any atom is 0.303 e. The Hall–Kier alpha value is -3.07. The molecule has 2 aliphatic heterocycles. The molecule has 14 nitrogen and oxygen atoms in total. The largest absolute Gasteiger partial charge is 0.481 e. The van der Waals surface area contributed by atoms with Gasteiger partial charge >= 0.3 is 17.9 Å². The van der Waals surface area contributed by atoms with Crippen molar-refractivity contribution in [3.05, 3.63) is 12.3 Å². The fraction of sp³-hybridized carbons (Fsp3) is 0.848. The zero-order chi connectivity index (χ0) is 44.6. The van der Waals surface area contributed by atoms with Crippen LogP contribution in [0.15, 0.2) is 12.3 Å². The zero-order valence-corrected chi connectivity index (χ0v) is 38.1. The van der Waals surface area contributed by atoms with Gasteiger partial charge in [0, 0.05) is 70.4 Å². The average Bonchev–Trinajstić information content (AvgIpc) is 3.19. The lowest BCUT2D eigenvalue weighted by Crippen LogP contribution is -2.47. The number of Topliss-reactive ketones (excluding diaryl/α,β-unsaturated/α-hetero) is 1. The van der Waals surface area contributed by atoms with E-state index in [0.29, 0.717) is 70.1 Å². The first-order valence-electron chi connectivity index (χ1n) is 22.8. The monoisotopic (exact) mass is 853 g/mol. The van der Waals surface area contributed by atoms with Crippen molar-refractivity contribution >= 4 is 29.6 Å². The number of carboxylic acids is 1. The molecule has 60 heavy (non-hydrogen) atoms. The van der Waals surface area contributed by atoms with Gasteiger partial charge in [0.05, 0.1) is 18.2 Å². The molecule has 0 bridgehead atoms. The van der Waals surface area contributed by atoms with E-state index in [-0.39, 0.29) is 91.9 Å². The number of unbranched alkanes of at least 4 members (excludes halogenated alkanes) is 6. The molecule has 0 aromatic rings. The summed E-state index contributed by atoms with van der Waals surface area (Å²) in [6.07, 6.45) is 8.29. The van der Waals surface area contributed by atoms with Gasteiger partial charge in [-0.05, 0) is 87.9 Å². The van der Waals surface area contributed by atoms with Gasteiger partial charge in [0.2, 0.25) is 5.91 Å². The summed E-state index contributed by atoms with van der Waals surface area (Å²) in [5.41, 5.74) is 0.948. The second-order valence-corrected chi connectivity index (χ2v) is 17.4. The van der Waals surface area contributed by atoms with E-state index in [1.165, 1.54) is 13.8 Å². The van der Waals surface area contributed by atoms with Crippen LogP contribution in [0.3, 0.4) is 0 Å². The summed E-state index contributed by atoms with van der Waals surface area (Å²) in [6, 6.07) is -0.566. The van der Waals surface area contributed by atoms with Crippen molar-refractivity contribution in [1.29, 1.82) is 0 Å². The lowest BCUT2D eigenvalue weighted by atomic mass is 9.79. The highest BCUT2D eigenvalue weighted by atomic mass is 16.7. The Balaban J connectivity index is 1.73. The summed E-state index contributed by atoms with van der Waals surface area (Å²) in [5.74, 6) is -0.0695. The molecule has 346 valence electrons. The van der Waals surface area contributed by atoms with Gasteiger partial charge in [-0.1, -0.05) is 61.0 Å². The second kappa shape index (κ2) is 29.3. The van der Waals surface area contributed by atoms with Crippen LogP contribution in [0.1, 0.15) is 152 Å². The van der Waals surface area contributed by atoms with Gasteiger partial charge < -0.3 is 44.2 Å². The predicted octanol–water partition coefficient (Wildman–Crippen LogP) is 7.51. The molecule has 2 rings (SSSR count). The normalized spacial score (nSPS) is 27.1. The van der Waals surface area contributed by atoms with Crippen LogP contribution in [-0.2, 0) is 52.4 Å².